The number of aromatic nitrogens is 3. The van der Waals surface area contributed by atoms with Crippen molar-refractivity contribution in [2.45, 2.75) is 32.2 Å². The summed E-state index contributed by atoms with van der Waals surface area (Å²) < 4.78 is 22.9. The maximum Gasteiger partial charge on any atom is 0.256 e. The first-order valence-corrected chi connectivity index (χ1v) is 10.8. The lowest BCUT2D eigenvalue weighted by Crippen LogP contribution is -2.47. The third-order valence-electron chi connectivity index (χ3n) is 6.28. The van der Waals surface area contributed by atoms with Crippen molar-refractivity contribution in [3.05, 3.63) is 47.3 Å². The Morgan fingerprint density at radius 2 is 2.16 bits per heavy atom. The number of ether oxygens (including phenoxy) is 1. The molecular weight excluding hydrogens is 413 g/mol. The van der Waals surface area contributed by atoms with Crippen molar-refractivity contribution in [1.29, 1.82) is 0 Å². The third-order valence-corrected chi connectivity index (χ3v) is 6.28. The van der Waals surface area contributed by atoms with E-state index in [0.29, 0.717) is 42.3 Å². The number of carbonyl (C=O) groups excluding carboxylic acids is 1. The molecule has 168 valence electrons. The molecule has 0 bridgehead atoms. The van der Waals surface area contributed by atoms with E-state index in [1.807, 2.05) is 43.1 Å². The van der Waals surface area contributed by atoms with Crippen LogP contribution in [0.3, 0.4) is 0 Å². The summed E-state index contributed by atoms with van der Waals surface area (Å²) in [5.74, 6) is 1.23. The Kier molecular flexibility index (Phi) is 5.21. The number of aliphatic hydroxyl groups is 1. The maximum atomic E-state index is 15.1. The molecule has 2 aliphatic heterocycles. The lowest BCUT2D eigenvalue weighted by Gasteiger charge is -2.36. The number of alkyl halides is 1. The lowest BCUT2D eigenvalue weighted by molar-refractivity contribution is 0.0745. The van der Waals surface area contributed by atoms with E-state index in [1.165, 1.54) is 0 Å². The highest BCUT2D eigenvalue weighted by molar-refractivity contribution is 5.98. The summed E-state index contributed by atoms with van der Waals surface area (Å²) in [7, 11) is 1.88. The number of pyridine rings is 1. The molecule has 5 rings (SSSR count). The van der Waals surface area contributed by atoms with E-state index in [0.717, 1.165) is 16.5 Å². The Hall–Kier alpha value is -3.20. The molecule has 8 nitrogen and oxygen atoms in total. The van der Waals surface area contributed by atoms with Crippen molar-refractivity contribution in [3.8, 4) is 5.75 Å². The predicted molar refractivity (Wildman–Crippen MR) is 118 cm³/mol. The minimum Gasteiger partial charge on any atom is -0.487 e. The number of amides is 1. The van der Waals surface area contributed by atoms with Crippen molar-refractivity contribution in [2.75, 3.05) is 31.1 Å². The van der Waals surface area contributed by atoms with Gasteiger partial charge in [-0.2, -0.15) is 5.10 Å². The van der Waals surface area contributed by atoms with Gasteiger partial charge in [0, 0.05) is 31.9 Å². The Morgan fingerprint density at radius 3 is 2.94 bits per heavy atom. The molecule has 1 amide bonds. The van der Waals surface area contributed by atoms with Gasteiger partial charge in [-0.3, -0.25) is 9.48 Å². The van der Waals surface area contributed by atoms with Crippen LogP contribution in [0.2, 0.25) is 0 Å². The summed E-state index contributed by atoms with van der Waals surface area (Å²) in [5, 5.41) is 14.4. The Morgan fingerprint density at radius 1 is 1.31 bits per heavy atom. The first-order valence-electron chi connectivity index (χ1n) is 10.8. The smallest absolute Gasteiger partial charge is 0.256 e. The number of halogens is 1. The van der Waals surface area contributed by atoms with Gasteiger partial charge in [-0.1, -0.05) is 0 Å². The summed E-state index contributed by atoms with van der Waals surface area (Å²) in [6.07, 6.45) is 0.596. The van der Waals surface area contributed by atoms with E-state index in [1.54, 1.807) is 15.8 Å². The SMILES string of the molecule is Cc1cc2c(nc1N1CC[C@@H](Oc3ccc4c(cnn4C)c3)[C@H](F)C1)CN(CCO)C2=O. The highest BCUT2D eigenvalue weighted by Crippen LogP contribution is 2.31. The number of β-amino-alcohol motifs (C(OH)–C–C–N with tert-alkyl or cyclic N) is 1. The average molecular weight is 439 g/mol. The molecule has 1 fully saturated rings. The van der Waals surface area contributed by atoms with Crippen LogP contribution < -0.4 is 9.64 Å². The van der Waals surface area contributed by atoms with Crippen LogP contribution in [0.4, 0.5) is 10.2 Å². The molecule has 1 saturated heterocycles. The number of nitrogens with zero attached hydrogens (tertiary/aromatic N) is 5. The van der Waals surface area contributed by atoms with Crippen molar-refractivity contribution in [3.63, 3.8) is 0 Å². The minimum atomic E-state index is -1.17. The van der Waals surface area contributed by atoms with Gasteiger partial charge in [0.05, 0.1) is 42.7 Å². The molecule has 0 aliphatic carbocycles. The fraction of sp³-hybridized carbons (Fsp3) is 0.435. The van der Waals surface area contributed by atoms with Crippen molar-refractivity contribution in [1.82, 2.24) is 19.7 Å². The number of aliphatic hydroxyl groups excluding tert-OH is 1. The first-order chi connectivity index (χ1) is 15.4. The molecule has 3 aromatic rings. The largest absolute Gasteiger partial charge is 0.487 e. The molecule has 2 atom stereocenters. The number of anilines is 1. The maximum absolute atomic E-state index is 15.1. The minimum absolute atomic E-state index is 0.0870. The zero-order valence-corrected chi connectivity index (χ0v) is 18.2. The second-order valence-electron chi connectivity index (χ2n) is 8.47. The van der Waals surface area contributed by atoms with Crippen LogP contribution >= 0.6 is 0 Å². The number of benzene rings is 1. The van der Waals surface area contributed by atoms with E-state index >= 15 is 4.39 Å². The van der Waals surface area contributed by atoms with Gasteiger partial charge in [-0.15, -0.1) is 0 Å². The van der Waals surface area contributed by atoms with Gasteiger partial charge < -0.3 is 19.6 Å². The van der Waals surface area contributed by atoms with Gasteiger partial charge in [0.25, 0.3) is 5.91 Å². The molecule has 2 aromatic heterocycles. The fourth-order valence-electron chi connectivity index (χ4n) is 4.59. The van der Waals surface area contributed by atoms with Crippen molar-refractivity contribution >= 4 is 22.6 Å². The summed E-state index contributed by atoms with van der Waals surface area (Å²) >= 11 is 0. The molecule has 4 heterocycles. The van der Waals surface area contributed by atoms with E-state index < -0.39 is 12.3 Å². The van der Waals surface area contributed by atoms with E-state index in [4.69, 9.17) is 14.8 Å². The first kappa shape index (κ1) is 20.7. The molecule has 0 saturated carbocycles. The molecule has 0 radical (unpaired) electrons. The topological polar surface area (TPSA) is 83.7 Å². The number of piperidine rings is 1. The highest BCUT2D eigenvalue weighted by Gasteiger charge is 2.34. The number of rotatable bonds is 5. The van der Waals surface area contributed by atoms with Gasteiger partial charge >= 0.3 is 0 Å². The van der Waals surface area contributed by atoms with Crippen LogP contribution in [0, 0.1) is 6.92 Å². The lowest BCUT2D eigenvalue weighted by atomic mass is 10.0. The highest BCUT2D eigenvalue weighted by atomic mass is 19.1. The Bertz CT molecular complexity index is 1180. The standard InChI is InChI=1S/C23H26FN5O3/c1-14-9-17-19(13-29(7-8-30)23(17)31)26-22(14)28-6-5-21(18(24)12-28)32-16-3-4-20-15(10-16)11-25-27(20)2/h3-4,9-11,18,21,30H,5-8,12-13H2,1-2H3/t18-,21-/m1/s1. The van der Waals surface area contributed by atoms with Gasteiger partial charge in [-0.25, -0.2) is 9.37 Å². The molecule has 0 unspecified atom stereocenters. The molecule has 2 aliphatic rings. The molecule has 9 heteroatoms. The zero-order chi connectivity index (χ0) is 22.4. The summed E-state index contributed by atoms with van der Waals surface area (Å²) in [5.41, 5.74) is 3.10. The monoisotopic (exact) mass is 439 g/mol. The molecule has 32 heavy (non-hydrogen) atoms. The summed E-state index contributed by atoms with van der Waals surface area (Å²) in [6.45, 7) is 3.25. The van der Waals surface area contributed by atoms with Gasteiger partial charge in [0.15, 0.2) is 6.17 Å². The third kappa shape index (κ3) is 3.56. The number of fused-ring (bicyclic) bond motifs is 2. The van der Waals surface area contributed by atoms with Gasteiger partial charge in [0.2, 0.25) is 0 Å². The molecule has 0 spiro atoms. The van der Waals surface area contributed by atoms with E-state index in [-0.39, 0.29) is 25.6 Å². The van der Waals surface area contributed by atoms with E-state index in [2.05, 4.69) is 5.10 Å². The van der Waals surface area contributed by atoms with Crippen LogP contribution in [0.25, 0.3) is 10.9 Å². The predicted octanol–water partition coefficient (Wildman–Crippen LogP) is 2.22. The van der Waals surface area contributed by atoms with Crippen LogP contribution in [0.1, 0.15) is 28.0 Å². The van der Waals surface area contributed by atoms with Crippen molar-refractivity contribution < 1.29 is 19.0 Å². The average Bonchev–Trinajstić information content (AvgIpc) is 3.29. The van der Waals surface area contributed by atoms with Crippen LogP contribution in [-0.4, -0.2) is 69.2 Å². The normalized spacial score (nSPS) is 20.8. The zero-order valence-electron chi connectivity index (χ0n) is 18.2. The summed E-state index contributed by atoms with van der Waals surface area (Å²) in [6, 6.07) is 7.50. The Labute approximate surface area is 185 Å². The quantitative estimate of drug-likeness (QED) is 0.656. The number of aryl methyl sites for hydroxylation is 2. The van der Waals surface area contributed by atoms with Crippen LogP contribution in [-0.2, 0) is 13.6 Å². The Balaban J connectivity index is 1.29. The van der Waals surface area contributed by atoms with E-state index in [9.17, 15) is 4.79 Å². The molecule has 1 aromatic carbocycles. The number of carbonyl (C=O) groups is 1. The molecule has 1 N–H and O–H groups in total. The second-order valence-corrected chi connectivity index (χ2v) is 8.47. The van der Waals surface area contributed by atoms with Gasteiger partial charge in [-0.05, 0) is 36.8 Å². The number of hydrogen-bond donors (Lipinski definition) is 1. The van der Waals surface area contributed by atoms with Gasteiger partial charge in [0.1, 0.15) is 17.7 Å². The molecular formula is C23H26FN5O3. The fourth-order valence-corrected chi connectivity index (χ4v) is 4.59. The summed E-state index contributed by atoms with van der Waals surface area (Å²) in [4.78, 5) is 20.7. The van der Waals surface area contributed by atoms with Crippen molar-refractivity contribution in [2.24, 2.45) is 7.05 Å². The second kappa shape index (κ2) is 8.05. The van der Waals surface area contributed by atoms with Crippen LogP contribution in [0.15, 0.2) is 30.5 Å². The number of hydrogen-bond acceptors (Lipinski definition) is 6. The van der Waals surface area contributed by atoms with Crippen LogP contribution in [0.5, 0.6) is 5.75 Å².